The molecule has 0 aromatic heterocycles. The van der Waals surface area contributed by atoms with Crippen LogP contribution in [0.25, 0.3) is 0 Å². The van der Waals surface area contributed by atoms with Crippen molar-refractivity contribution in [2.24, 2.45) is 0 Å². The molecule has 0 bridgehead atoms. The van der Waals surface area contributed by atoms with Gasteiger partial charge in [-0.25, -0.2) is 0 Å². The predicted octanol–water partition coefficient (Wildman–Crippen LogP) is 3.55. The van der Waals surface area contributed by atoms with Gasteiger partial charge in [-0.1, -0.05) is 43.7 Å². The number of benzene rings is 1. The first-order valence-electron chi connectivity index (χ1n) is 8.11. The van der Waals surface area contributed by atoms with Crippen molar-refractivity contribution in [3.05, 3.63) is 35.4 Å². The van der Waals surface area contributed by atoms with Crippen LogP contribution in [0.5, 0.6) is 0 Å². The van der Waals surface area contributed by atoms with Crippen LogP contribution in [0.4, 0.5) is 0 Å². The van der Waals surface area contributed by atoms with Crippen LogP contribution >= 0.6 is 0 Å². The molecule has 112 valence electrons. The molecule has 0 aliphatic carbocycles. The summed E-state index contributed by atoms with van der Waals surface area (Å²) < 4.78 is 0. The molecule has 1 unspecified atom stereocenters. The number of aliphatic hydroxyl groups is 1. The normalized spacial score (nSPS) is 18.4. The Hall–Kier alpha value is -0.860. The third-order valence-corrected chi connectivity index (χ3v) is 5.09. The summed E-state index contributed by atoms with van der Waals surface area (Å²) in [5.41, 5.74) is 2.48. The average Bonchev–Trinajstić information content (AvgIpc) is 2.95. The van der Waals surface area contributed by atoms with Crippen LogP contribution in [-0.2, 0) is 6.42 Å². The van der Waals surface area contributed by atoms with Crippen molar-refractivity contribution in [3.63, 3.8) is 0 Å². The van der Waals surface area contributed by atoms with Crippen molar-refractivity contribution in [2.75, 3.05) is 13.1 Å². The second-order valence-corrected chi connectivity index (χ2v) is 6.21. The van der Waals surface area contributed by atoms with E-state index in [0.29, 0.717) is 0 Å². The summed E-state index contributed by atoms with van der Waals surface area (Å²) in [5, 5.41) is 10.9. The number of aliphatic hydroxyl groups excluding tert-OH is 1. The third kappa shape index (κ3) is 3.07. The molecule has 1 saturated heterocycles. The molecule has 1 aliphatic rings. The maximum atomic E-state index is 10.9. The molecule has 2 nitrogen and oxygen atoms in total. The van der Waals surface area contributed by atoms with Gasteiger partial charge < -0.3 is 5.11 Å². The van der Waals surface area contributed by atoms with E-state index in [-0.39, 0.29) is 11.6 Å². The molecule has 0 spiro atoms. The zero-order valence-corrected chi connectivity index (χ0v) is 13.2. The Kier molecular flexibility index (Phi) is 5.22. The molecule has 1 N–H and O–H groups in total. The number of rotatable bonds is 6. The first-order chi connectivity index (χ1) is 9.62. The molecule has 1 fully saturated rings. The highest BCUT2D eigenvalue weighted by Crippen LogP contribution is 2.33. The SMILES string of the molecule is CCC(CC)(C(O)Cc1cccc(C)c1)N1CCCC1. The van der Waals surface area contributed by atoms with E-state index in [1.54, 1.807) is 0 Å². The van der Waals surface area contributed by atoms with Crippen molar-refractivity contribution < 1.29 is 5.11 Å². The van der Waals surface area contributed by atoms with Crippen LogP contribution in [-0.4, -0.2) is 34.7 Å². The standard InChI is InChI=1S/C18H29NO/c1-4-18(5-2,19-11-6-7-12-19)17(20)14-16-10-8-9-15(3)13-16/h8-10,13,17,20H,4-7,11-12,14H2,1-3H3. The summed E-state index contributed by atoms with van der Waals surface area (Å²) in [7, 11) is 0. The summed E-state index contributed by atoms with van der Waals surface area (Å²) in [6, 6.07) is 8.54. The van der Waals surface area contributed by atoms with Crippen LogP contribution in [0, 0.1) is 6.92 Å². The number of aryl methyl sites for hydroxylation is 1. The summed E-state index contributed by atoms with van der Waals surface area (Å²) in [4.78, 5) is 2.54. The quantitative estimate of drug-likeness (QED) is 0.858. The molecule has 1 aromatic rings. The van der Waals surface area contributed by atoms with E-state index >= 15 is 0 Å². The Morgan fingerprint density at radius 1 is 1.20 bits per heavy atom. The van der Waals surface area contributed by atoms with E-state index in [2.05, 4.69) is 49.9 Å². The fourth-order valence-electron chi connectivity index (χ4n) is 3.79. The summed E-state index contributed by atoms with van der Waals surface area (Å²) >= 11 is 0. The third-order valence-electron chi connectivity index (χ3n) is 5.09. The van der Waals surface area contributed by atoms with E-state index in [1.807, 2.05) is 0 Å². The Morgan fingerprint density at radius 3 is 2.40 bits per heavy atom. The summed E-state index contributed by atoms with van der Waals surface area (Å²) in [6.07, 6.45) is 5.09. The minimum absolute atomic E-state index is 0.0414. The van der Waals surface area contributed by atoms with E-state index in [9.17, 15) is 5.11 Å². The number of likely N-dealkylation sites (tertiary alicyclic amines) is 1. The molecule has 1 heterocycles. The highest BCUT2D eigenvalue weighted by atomic mass is 16.3. The Bertz CT molecular complexity index is 419. The minimum atomic E-state index is -0.280. The van der Waals surface area contributed by atoms with Crippen molar-refractivity contribution in [3.8, 4) is 0 Å². The van der Waals surface area contributed by atoms with Gasteiger partial charge in [0.25, 0.3) is 0 Å². The largest absolute Gasteiger partial charge is 0.391 e. The Labute approximate surface area is 123 Å². The van der Waals surface area contributed by atoms with Gasteiger partial charge in [0.2, 0.25) is 0 Å². The van der Waals surface area contributed by atoms with Gasteiger partial charge in [0.05, 0.1) is 6.10 Å². The lowest BCUT2D eigenvalue weighted by atomic mass is 9.81. The molecule has 1 atom stereocenters. The van der Waals surface area contributed by atoms with Crippen LogP contribution in [0.1, 0.15) is 50.7 Å². The number of hydrogen-bond donors (Lipinski definition) is 1. The van der Waals surface area contributed by atoms with E-state index < -0.39 is 0 Å². The molecule has 1 aromatic carbocycles. The molecule has 2 rings (SSSR count). The van der Waals surface area contributed by atoms with Gasteiger partial charge in [-0.3, -0.25) is 4.90 Å². The Balaban J connectivity index is 2.16. The van der Waals surface area contributed by atoms with Crippen LogP contribution in [0.2, 0.25) is 0 Å². The monoisotopic (exact) mass is 275 g/mol. The lowest BCUT2D eigenvalue weighted by Gasteiger charge is -2.44. The second kappa shape index (κ2) is 6.73. The molecule has 20 heavy (non-hydrogen) atoms. The fourth-order valence-corrected chi connectivity index (χ4v) is 3.79. The van der Waals surface area contributed by atoms with Crippen LogP contribution < -0.4 is 0 Å². The molecule has 0 radical (unpaired) electrons. The molecule has 1 aliphatic heterocycles. The Morgan fingerprint density at radius 2 is 1.85 bits per heavy atom. The van der Waals surface area contributed by atoms with Gasteiger partial charge in [-0.15, -0.1) is 0 Å². The van der Waals surface area contributed by atoms with Crippen molar-refractivity contribution >= 4 is 0 Å². The molecule has 2 heteroatoms. The molecule has 0 amide bonds. The maximum Gasteiger partial charge on any atom is 0.0763 e. The summed E-state index contributed by atoms with van der Waals surface area (Å²) in [6.45, 7) is 8.85. The first-order valence-corrected chi connectivity index (χ1v) is 8.11. The predicted molar refractivity (Wildman–Crippen MR) is 85.0 cm³/mol. The van der Waals surface area contributed by atoms with Crippen LogP contribution in [0.3, 0.4) is 0 Å². The van der Waals surface area contributed by atoms with Gasteiger partial charge in [0, 0.05) is 12.0 Å². The lowest BCUT2D eigenvalue weighted by Crippen LogP contribution is -2.55. The van der Waals surface area contributed by atoms with Gasteiger partial charge >= 0.3 is 0 Å². The molecular weight excluding hydrogens is 246 g/mol. The maximum absolute atomic E-state index is 10.9. The van der Waals surface area contributed by atoms with Crippen LogP contribution in [0.15, 0.2) is 24.3 Å². The smallest absolute Gasteiger partial charge is 0.0763 e. The first kappa shape index (κ1) is 15.5. The highest BCUT2D eigenvalue weighted by molar-refractivity contribution is 5.23. The number of hydrogen-bond acceptors (Lipinski definition) is 2. The fraction of sp³-hybridized carbons (Fsp3) is 0.667. The molecular formula is C18H29NO. The van der Waals surface area contributed by atoms with Crippen molar-refractivity contribution in [1.82, 2.24) is 4.90 Å². The van der Waals surface area contributed by atoms with Gasteiger partial charge in [0.1, 0.15) is 0 Å². The zero-order chi connectivity index (χ0) is 14.6. The van der Waals surface area contributed by atoms with Crippen molar-refractivity contribution in [2.45, 2.75) is 64.5 Å². The topological polar surface area (TPSA) is 23.5 Å². The van der Waals surface area contributed by atoms with Gasteiger partial charge in [0.15, 0.2) is 0 Å². The summed E-state index contributed by atoms with van der Waals surface area (Å²) in [5.74, 6) is 0. The zero-order valence-electron chi connectivity index (χ0n) is 13.2. The van der Waals surface area contributed by atoms with E-state index in [4.69, 9.17) is 0 Å². The average molecular weight is 275 g/mol. The van der Waals surface area contributed by atoms with Gasteiger partial charge in [-0.05, 0) is 51.3 Å². The number of nitrogens with zero attached hydrogens (tertiary/aromatic N) is 1. The van der Waals surface area contributed by atoms with E-state index in [0.717, 1.165) is 32.4 Å². The van der Waals surface area contributed by atoms with E-state index in [1.165, 1.54) is 24.0 Å². The lowest BCUT2D eigenvalue weighted by molar-refractivity contribution is -0.0269. The second-order valence-electron chi connectivity index (χ2n) is 6.21. The highest BCUT2D eigenvalue weighted by Gasteiger charge is 2.41. The minimum Gasteiger partial charge on any atom is -0.391 e. The van der Waals surface area contributed by atoms with Gasteiger partial charge in [-0.2, -0.15) is 0 Å². The molecule has 0 saturated carbocycles. The van der Waals surface area contributed by atoms with Crippen molar-refractivity contribution in [1.29, 1.82) is 0 Å².